The fourth-order valence-corrected chi connectivity index (χ4v) is 3.95. The second kappa shape index (κ2) is 9.73. The summed E-state index contributed by atoms with van der Waals surface area (Å²) in [5.74, 6) is 2.14. The van der Waals surface area contributed by atoms with Gasteiger partial charge >= 0.3 is 0 Å². The Balaban J connectivity index is 1.64. The largest absolute Gasteiger partial charge is 0.497 e. The van der Waals surface area contributed by atoms with Crippen molar-refractivity contribution in [3.8, 4) is 5.75 Å². The Hall–Kier alpha value is -3.87. The molecule has 7 heteroatoms. The van der Waals surface area contributed by atoms with Gasteiger partial charge in [0.05, 0.1) is 25.3 Å². The highest BCUT2D eigenvalue weighted by Gasteiger charge is 2.21. The number of para-hydroxylation sites is 1. The molecule has 4 rings (SSSR count). The highest BCUT2D eigenvalue weighted by Crippen LogP contribution is 2.25. The molecular formula is C26H29N5O2. The summed E-state index contributed by atoms with van der Waals surface area (Å²) < 4.78 is 5.29. The predicted molar refractivity (Wildman–Crippen MR) is 131 cm³/mol. The minimum Gasteiger partial charge on any atom is -0.497 e. The number of benzene rings is 2. The first kappa shape index (κ1) is 22.3. The van der Waals surface area contributed by atoms with Gasteiger partial charge < -0.3 is 19.9 Å². The molecule has 0 aliphatic rings. The molecule has 0 spiro atoms. The number of carbonyl (C=O) groups is 1. The van der Waals surface area contributed by atoms with Crippen LogP contribution in [0.4, 0.5) is 5.82 Å². The second-order valence-electron chi connectivity index (χ2n) is 8.30. The van der Waals surface area contributed by atoms with E-state index >= 15 is 0 Å². The molecule has 0 saturated heterocycles. The van der Waals surface area contributed by atoms with Gasteiger partial charge in [0.2, 0.25) is 5.91 Å². The zero-order valence-corrected chi connectivity index (χ0v) is 19.4. The van der Waals surface area contributed by atoms with Crippen molar-refractivity contribution in [2.45, 2.75) is 25.8 Å². The fraction of sp³-hybridized carbons (Fsp3) is 0.269. The van der Waals surface area contributed by atoms with Gasteiger partial charge in [-0.2, -0.15) is 0 Å². The highest BCUT2D eigenvalue weighted by molar-refractivity contribution is 5.83. The molecule has 7 nitrogen and oxygen atoms in total. The molecule has 1 atom stereocenters. The molecule has 0 radical (unpaired) electrons. The molecule has 170 valence electrons. The fourth-order valence-electron chi connectivity index (χ4n) is 3.95. The number of hydrogen-bond donors (Lipinski definition) is 2. The SMILES string of the molecule is COc1cccc(CC(=O)N[C@@H](Cc2c[nH]c3ccccc23)c2cc(N(C)C)nc(C)n2)c1. The molecular weight excluding hydrogens is 414 g/mol. The number of fused-ring (bicyclic) bond motifs is 1. The van der Waals surface area contributed by atoms with E-state index in [1.54, 1.807) is 7.11 Å². The number of carbonyl (C=O) groups excluding carboxylic acids is 1. The van der Waals surface area contributed by atoms with Gasteiger partial charge in [-0.15, -0.1) is 0 Å². The van der Waals surface area contributed by atoms with Crippen LogP contribution in [-0.2, 0) is 17.6 Å². The number of hydrogen-bond acceptors (Lipinski definition) is 5. The first-order valence-corrected chi connectivity index (χ1v) is 10.9. The molecule has 2 aromatic heterocycles. The molecule has 0 saturated carbocycles. The lowest BCUT2D eigenvalue weighted by atomic mass is 10.0. The van der Waals surface area contributed by atoms with E-state index in [-0.39, 0.29) is 18.4 Å². The predicted octanol–water partition coefficient (Wildman–Crippen LogP) is 3.98. The standard InChI is InChI=1S/C26H29N5O2/c1-17-28-24(15-25(29-17)31(2)3)23(14-19-16-27-22-11-6-5-10-21(19)22)30-26(32)13-18-8-7-9-20(12-18)33-4/h5-12,15-16,23,27H,13-14H2,1-4H3,(H,30,32)/t23-/m0/s1. The lowest BCUT2D eigenvalue weighted by molar-refractivity contribution is -0.121. The van der Waals surface area contributed by atoms with Gasteiger partial charge in [0.25, 0.3) is 0 Å². The molecule has 0 aliphatic carbocycles. The van der Waals surface area contributed by atoms with Crippen molar-refractivity contribution in [3.05, 3.63) is 83.4 Å². The van der Waals surface area contributed by atoms with Crippen molar-refractivity contribution >= 4 is 22.6 Å². The van der Waals surface area contributed by atoms with Gasteiger partial charge in [-0.25, -0.2) is 9.97 Å². The number of ether oxygens (including phenoxy) is 1. The van der Waals surface area contributed by atoms with Crippen molar-refractivity contribution in [2.75, 3.05) is 26.1 Å². The maximum Gasteiger partial charge on any atom is 0.224 e. The lowest BCUT2D eigenvalue weighted by Gasteiger charge is -2.21. The molecule has 0 aliphatic heterocycles. The maximum absolute atomic E-state index is 13.1. The van der Waals surface area contributed by atoms with Gasteiger partial charge in [-0.1, -0.05) is 30.3 Å². The maximum atomic E-state index is 13.1. The van der Waals surface area contributed by atoms with Crippen LogP contribution in [0.3, 0.4) is 0 Å². The normalized spacial score (nSPS) is 11.9. The molecule has 4 aromatic rings. The number of nitrogens with one attached hydrogen (secondary N) is 2. The summed E-state index contributed by atoms with van der Waals surface area (Å²) >= 11 is 0. The first-order chi connectivity index (χ1) is 15.9. The van der Waals surface area contributed by atoms with Crippen LogP contribution < -0.4 is 15.0 Å². The summed E-state index contributed by atoms with van der Waals surface area (Å²) in [6.07, 6.45) is 2.87. The lowest BCUT2D eigenvalue weighted by Crippen LogP contribution is -2.32. The number of rotatable bonds is 8. The van der Waals surface area contributed by atoms with Gasteiger partial charge in [0.15, 0.2) is 0 Å². The number of anilines is 1. The number of aryl methyl sites for hydroxylation is 1. The molecule has 2 heterocycles. The quantitative estimate of drug-likeness (QED) is 0.430. The number of nitrogens with zero attached hydrogens (tertiary/aromatic N) is 3. The molecule has 2 N–H and O–H groups in total. The number of amides is 1. The Morgan fingerprint density at radius 2 is 1.94 bits per heavy atom. The Morgan fingerprint density at radius 3 is 2.73 bits per heavy atom. The van der Waals surface area contributed by atoms with Crippen LogP contribution in [0.2, 0.25) is 0 Å². The topological polar surface area (TPSA) is 83.1 Å². The van der Waals surface area contributed by atoms with Crippen molar-refractivity contribution in [3.63, 3.8) is 0 Å². The highest BCUT2D eigenvalue weighted by atomic mass is 16.5. The van der Waals surface area contributed by atoms with Crippen molar-refractivity contribution in [1.29, 1.82) is 0 Å². The van der Waals surface area contributed by atoms with E-state index in [4.69, 9.17) is 4.74 Å². The average molecular weight is 444 g/mol. The van der Waals surface area contributed by atoms with E-state index < -0.39 is 0 Å². The third-order valence-electron chi connectivity index (χ3n) is 5.59. The number of aromatic amines is 1. The Kier molecular flexibility index (Phi) is 6.58. The molecule has 0 bridgehead atoms. The summed E-state index contributed by atoms with van der Waals surface area (Å²) in [6, 6.07) is 17.4. The zero-order chi connectivity index (χ0) is 23.4. The molecule has 0 fully saturated rings. The minimum atomic E-state index is -0.303. The molecule has 33 heavy (non-hydrogen) atoms. The van der Waals surface area contributed by atoms with E-state index in [0.29, 0.717) is 12.2 Å². The van der Waals surface area contributed by atoms with E-state index in [1.807, 2.05) is 80.6 Å². The molecule has 2 aromatic carbocycles. The summed E-state index contributed by atoms with van der Waals surface area (Å²) in [5.41, 5.74) is 3.88. The minimum absolute atomic E-state index is 0.0734. The number of aromatic nitrogens is 3. The number of H-pyrrole nitrogens is 1. The summed E-state index contributed by atoms with van der Waals surface area (Å²) in [6.45, 7) is 1.87. The Labute approximate surface area is 193 Å². The first-order valence-electron chi connectivity index (χ1n) is 10.9. The van der Waals surface area contributed by atoms with Crippen LogP contribution in [-0.4, -0.2) is 42.1 Å². The van der Waals surface area contributed by atoms with Crippen LogP contribution in [0.5, 0.6) is 5.75 Å². The van der Waals surface area contributed by atoms with Gasteiger partial charge in [-0.05, 0) is 36.2 Å². The summed E-state index contributed by atoms with van der Waals surface area (Å²) in [4.78, 5) is 27.5. The third kappa shape index (κ3) is 5.31. The van der Waals surface area contributed by atoms with Crippen LogP contribution in [0, 0.1) is 6.92 Å². The molecule has 1 amide bonds. The van der Waals surface area contributed by atoms with E-state index in [1.165, 1.54) is 0 Å². The Morgan fingerprint density at radius 1 is 1.12 bits per heavy atom. The van der Waals surface area contributed by atoms with E-state index in [0.717, 1.165) is 39.3 Å². The number of methoxy groups -OCH3 is 1. The van der Waals surface area contributed by atoms with Crippen molar-refractivity contribution in [1.82, 2.24) is 20.3 Å². The molecule has 0 unspecified atom stereocenters. The summed E-state index contributed by atoms with van der Waals surface area (Å²) in [5, 5.41) is 4.35. The second-order valence-corrected chi connectivity index (χ2v) is 8.30. The van der Waals surface area contributed by atoms with Crippen LogP contribution >= 0.6 is 0 Å². The van der Waals surface area contributed by atoms with Gasteiger partial charge in [-0.3, -0.25) is 4.79 Å². The Bertz CT molecular complexity index is 1260. The van der Waals surface area contributed by atoms with Gasteiger partial charge in [0, 0.05) is 43.7 Å². The van der Waals surface area contributed by atoms with Crippen LogP contribution in [0.15, 0.2) is 60.8 Å². The average Bonchev–Trinajstić information content (AvgIpc) is 3.21. The third-order valence-corrected chi connectivity index (χ3v) is 5.59. The summed E-state index contributed by atoms with van der Waals surface area (Å²) in [7, 11) is 5.51. The van der Waals surface area contributed by atoms with Crippen molar-refractivity contribution in [2.24, 2.45) is 0 Å². The van der Waals surface area contributed by atoms with Gasteiger partial charge in [0.1, 0.15) is 17.4 Å². The van der Waals surface area contributed by atoms with Crippen LogP contribution in [0.1, 0.15) is 28.7 Å². The zero-order valence-electron chi connectivity index (χ0n) is 19.4. The smallest absolute Gasteiger partial charge is 0.224 e. The van der Waals surface area contributed by atoms with E-state index in [2.05, 4.69) is 26.3 Å². The van der Waals surface area contributed by atoms with Crippen molar-refractivity contribution < 1.29 is 9.53 Å². The van der Waals surface area contributed by atoms with E-state index in [9.17, 15) is 4.79 Å². The monoisotopic (exact) mass is 443 g/mol. The van der Waals surface area contributed by atoms with Crippen LogP contribution in [0.25, 0.3) is 10.9 Å².